The van der Waals surface area contributed by atoms with Crippen molar-refractivity contribution in [2.75, 3.05) is 0 Å². The van der Waals surface area contributed by atoms with Gasteiger partial charge in [-0.05, 0) is 30.7 Å². The SMILES string of the molecule is Cc1nc2cc(Cc3ccccc3Cl)c(O)cc2s1. The van der Waals surface area contributed by atoms with E-state index in [4.69, 9.17) is 11.6 Å². The Morgan fingerprint density at radius 2 is 2.00 bits per heavy atom. The summed E-state index contributed by atoms with van der Waals surface area (Å²) in [7, 11) is 0. The second-order valence-electron chi connectivity index (χ2n) is 4.45. The molecule has 3 aromatic rings. The van der Waals surface area contributed by atoms with Gasteiger partial charge in [0.1, 0.15) is 5.75 Å². The number of hydrogen-bond donors (Lipinski definition) is 1. The zero-order chi connectivity index (χ0) is 13.4. The summed E-state index contributed by atoms with van der Waals surface area (Å²) in [6.45, 7) is 1.97. The van der Waals surface area contributed by atoms with Crippen LogP contribution in [0, 0.1) is 6.92 Å². The van der Waals surface area contributed by atoms with E-state index < -0.39 is 0 Å². The Hall–Kier alpha value is -1.58. The van der Waals surface area contributed by atoms with E-state index in [9.17, 15) is 5.11 Å². The topological polar surface area (TPSA) is 33.1 Å². The largest absolute Gasteiger partial charge is 0.508 e. The minimum Gasteiger partial charge on any atom is -0.508 e. The smallest absolute Gasteiger partial charge is 0.120 e. The fraction of sp³-hybridized carbons (Fsp3) is 0.133. The predicted octanol–water partition coefficient (Wildman–Crippen LogP) is 4.55. The van der Waals surface area contributed by atoms with Crippen molar-refractivity contribution in [1.29, 1.82) is 0 Å². The molecule has 0 fully saturated rings. The fourth-order valence-electron chi connectivity index (χ4n) is 2.11. The molecular weight excluding hydrogens is 278 g/mol. The van der Waals surface area contributed by atoms with Crippen LogP contribution in [0.2, 0.25) is 5.02 Å². The third-order valence-corrected chi connectivity index (χ3v) is 4.34. The van der Waals surface area contributed by atoms with E-state index in [-0.39, 0.29) is 0 Å². The van der Waals surface area contributed by atoms with Crippen molar-refractivity contribution >= 4 is 33.2 Å². The first kappa shape index (κ1) is 12.5. The molecule has 0 aliphatic carbocycles. The Kier molecular flexibility index (Phi) is 3.17. The number of thiazole rings is 1. The molecule has 4 heteroatoms. The van der Waals surface area contributed by atoms with Crippen LogP contribution in [-0.2, 0) is 6.42 Å². The second kappa shape index (κ2) is 4.83. The molecule has 0 saturated carbocycles. The van der Waals surface area contributed by atoms with Crippen molar-refractivity contribution < 1.29 is 5.11 Å². The third-order valence-electron chi connectivity index (χ3n) is 3.03. The molecule has 0 bridgehead atoms. The van der Waals surface area contributed by atoms with Crippen LogP contribution in [0.15, 0.2) is 36.4 Å². The molecule has 2 nitrogen and oxygen atoms in total. The first-order valence-electron chi connectivity index (χ1n) is 5.96. The van der Waals surface area contributed by atoms with Crippen LogP contribution in [-0.4, -0.2) is 10.1 Å². The number of phenols is 1. The number of aryl methyl sites for hydroxylation is 1. The van der Waals surface area contributed by atoms with Crippen molar-refractivity contribution in [3.8, 4) is 5.75 Å². The van der Waals surface area contributed by atoms with Crippen LogP contribution in [0.4, 0.5) is 0 Å². The molecule has 96 valence electrons. The van der Waals surface area contributed by atoms with Crippen molar-refractivity contribution in [2.45, 2.75) is 13.3 Å². The molecule has 0 amide bonds. The normalized spacial score (nSPS) is 11.1. The summed E-state index contributed by atoms with van der Waals surface area (Å²) in [5.41, 5.74) is 2.79. The molecule has 0 aliphatic rings. The van der Waals surface area contributed by atoms with Crippen molar-refractivity contribution in [3.05, 3.63) is 57.6 Å². The Balaban J connectivity index is 2.05. The summed E-state index contributed by atoms with van der Waals surface area (Å²) < 4.78 is 1.01. The minimum atomic E-state index is 0.302. The summed E-state index contributed by atoms with van der Waals surface area (Å²) in [5, 5.41) is 11.8. The lowest BCUT2D eigenvalue weighted by Gasteiger charge is -2.06. The van der Waals surface area contributed by atoms with Crippen molar-refractivity contribution in [1.82, 2.24) is 4.98 Å². The maximum atomic E-state index is 10.1. The highest BCUT2D eigenvalue weighted by molar-refractivity contribution is 7.18. The molecule has 2 aromatic carbocycles. The minimum absolute atomic E-state index is 0.302. The number of benzene rings is 2. The molecule has 19 heavy (non-hydrogen) atoms. The highest BCUT2D eigenvalue weighted by atomic mass is 35.5. The van der Waals surface area contributed by atoms with Gasteiger partial charge in [0.15, 0.2) is 0 Å². The molecule has 1 N–H and O–H groups in total. The van der Waals surface area contributed by atoms with Crippen molar-refractivity contribution in [3.63, 3.8) is 0 Å². The van der Waals surface area contributed by atoms with Gasteiger partial charge in [-0.3, -0.25) is 0 Å². The van der Waals surface area contributed by atoms with Gasteiger partial charge < -0.3 is 5.11 Å². The van der Waals surface area contributed by atoms with E-state index in [1.807, 2.05) is 37.3 Å². The number of aromatic hydroxyl groups is 1. The Morgan fingerprint density at radius 3 is 2.79 bits per heavy atom. The zero-order valence-electron chi connectivity index (χ0n) is 10.4. The zero-order valence-corrected chi connectivity index (χ0v) is 11.9. The number of aromatic nitrogens is 1. The molecule has 0 radical (unpaired) electrons. The first-order chi connectivity index (χ1) is 9.13. The molecule has 0 atom stereocenters. The second-order valence-corrected chi connectivity index (χ2v) is 6.09. The van der Waals surface area contributed by atoms with Crippen molar-refractivity contribution in [2.24, 2.45) is 0 Å². The van der Waals surface area contributed by atoms with Gasteiger partial charge >= 0.3 is 0 Å². The van der Waals surface area contributed by atoms with Crippen LogP contribution in [0.5, 0.6) is 5.75 Å². The summed E-state index contributed by atoms with van der Waals surface area (Å²) in [6.07, 6.45) is 0.609. The standard InChI is InChI=1S/C15H12ClNOS/c1-9-17-13-7-11(14(18)8-15(13)19-9)6-10-4-2-3-5-12(10)16/h2-5,7-8,18H,6H2,1H3. The van der Waals surface area contributed by atoms with Gasteiger partial charge in [0.2, 0.25) is 0 Å². The van der Waals surface area contributed by atoms with E-state index in [1.54, 1.807) is 17.4 Å². The van der Waals surface area contributed by atoms with Crippen LogP contribution in [0.3, 0.4) is 0 Å². The van der Waals surface area contributed by atoms with Gasteiger partial charge in [0.05, 0.1) is 15.2 Å². The van der Waals surface area contributed by atoms with Crippen LogP contribution in [0.25, 0.3) is 10.2 Å². The molecule has 3 rings (SSSR count). The van der Waals surface area contributed by atoms with Crippen LogP contribution < -0.4 is 0 Å². The van der Waals surface area contributed by atoms with E-state index in [1.165, 1.54) is 0 Å². The van der Waals surface area contributed by atoms with Gasteiger partial charge in [-0.25, -0.2) is 4.98 Å². The molecule has 0 spiro atoms. The third kappa shape index (κ3) is 2.44. The van der Waals surface area contributed by atoms with Gasteiger partial charge in [0.25, 0.3) is 0 Å². The van der Waals surface area contributed by atoms with Gasteiger partial charge in [-0.15, -0.1) is 11.3 Å². The highest BCUT2D eigenvalue weighted by Crippen LogP contribution is 2.31. The van der Waals surface area contributed by atoms with Gasteiger partial charge in [0, 0.05) is 17.0 Å². The molecule has 1 heterocycles. The lowest BCUT2D eigenvalue weighted by molar-refractivity contribution is 0.470. The lowest BCUT2D eigenvalue weighted by atomic mass is 10.0. The van der Waals surface area contributed by atoms with Crippen LogP contribution >= 0.6 is 22.9 Å². The average molecular weight is 290 g/mol. The number of fused-ring (bicyclic) bond motifs is 1. The Labute approximate surface area is 120 Å². The Morgan fingerprint density at radius 1 is 1.21 bits per heavy atom. The summed E-state index contributed by atoms with van der Waals surface area (Å²) in [6, 6.07) is 11.4. The molecule has 0 saturated heterocycles. The average Bonchev–Trinajstić information content (AvgIpc) is 2.71. The number of hydrogen-bond acceptors (Lipinski definition) is 3. The number of halogens is 1. The molecule has 0 unspecified atom stereocenters. The highest BCUT2D eigenvalue weighted by Gasteiger charge is 2.09. The summed E-state index contributed by atoms with van der Waals surface area (Å²) in [4.78, 5) is 4.45. The molecule has 1 aromatic heterocycles. The Bertz CT molecular complexity index is 751. The quantitative estimate of drug-likeness (QED) is 0.750. The van der Waals surface area contributed by atoms with Crippen LogP contribution in [0.1, 0.15) is 16.1 Å². The number of rotatable bonds is 2. The predicted molar refractivity (Wildman–Crippen MR) is 80.3 cm³/mol. The maximum Gasteiger partial charge on any atom is 0.120 e. The first-order valence-corrected chi connectivity index (χ1v) is 7.15. The number of nitrogens with zero attached hydrogens (tertiary/aromatic N) is 1. The monoisotopic (exact) mass is 289 g/mol. The molecule has 0 aliphatic heterocycles. The number of phenolic OH excluding ortho intramolecular Hbond substituents is 1. The lowest BCUT2D eigenvalue weighted by Crippen LogP contribution is -1.90. The maximum absolute atomic E-state index is 10.1. The van der Waals surface area contributed by atoms with E-state index in [2.05, 4.69) is 4.98 Å². The molecular formula is C15H12ClNOS. The van der Waals surface area contributed by atoms with Gasteiger partial charge in [-0.1, -0.05) is 29.8 Å². The van der Waals surface area contributed by atoms with E-state index in [0.717, 1.165) is 31.4 Å². The van der Waals surface area contributed by atoms with E-state index >= 15 is 0 Å². The summed E-state index contributed by atoms with van der Waals surface area (Å²) in [5.74, 6) is 0.302. The fourth-order valence-corrected chi connectivity index (χ4v) is 3.15. The summed E-state index contributed by atoms with van der Waals surface area (Å²) >= 11 is 7.74. The van der Waals surface area contributed by atoms with Gasteiger partial charge in [-0.2, -0.15) is 0 Å². The van der Waals surface area contributed by atoms with E-state index in [0.29, 0.717) is 12.2 Å².